The van der Waals surface area contributed by atoms with Crippen LogP contribution in [0.3, 0.4) is 0 Å². The van der Waals surface area contributed by atoms with Gasteiger partial charge in [0.1, 0.15) is 5.76 Å². The minimum Gasteiger partial charge on any atom is -0.467 e. The van der Waals surface area contributed by atoms with E-state index < -0.39 is 0 Å². The van der Waals surface area contributed by atoms with Crippen LogP contribution in [0, 0.1) is 0 Å². The molecular weight excluding hydrogens is 354 g/mol. The number of carbonyl (C=O) groups is 2. The maximum atomic E-state index is 12.5. The molecule has 0 atom stereocenters. The molecule has 3 N–H and O–H groups in total. The van der Waals surface area contributed by atoms with Crippen molar-refractivity contribution in [3.8, 4) is 0 Å². The Morgan fingerprint density at radius 3 is 2.43 bits per heavy atom. The summed E-state index contributed by atoms with van der Waals surface area (Å²) >= 11 is 0. The third-order valence-electron chi connectivity index (χ3n) is 4.29. The fraction of sp³-hybridized carbons (Fsp3) is 0.182. The number of carbonyl (C=O) groups excluding carboxylic acids is 2. The van der Waals surface area contributed by atoms with Gasteiger partial charge in [0.15, 0.2) is 0 Å². The van der Waals surface area contributed by atoms with Crippen molar-refractivity contribution >= 4 is 23.2 Å². The molecule has 28 heavy (non-hydrogen) atoms. The molecule has 0 fully saturated rings. The molecule has 6 nitrogen and oxygen atoms in total. The predicted octanol–water partition coefficient (Wildman–Crippen LogP) is 3.82. The minimum atomic E-state index is -0.240. The normalized spacial score (nSPS) is 10.3. The van der Waals surface area contributed by atoms with Gasteiger partial charge in [0.2, 0.25) is 5.91 Å². The van der Waals surface area contributed by atoms with Gasteiger partial charge in [0, 0.05) is 11.4 Å². The largest absolute Gasteiger partial charge is 0.467 e. The number of hydrogen-bond acceptors (Lipinski definition) is 4. The number of benzene rings is 2. The van der Waals surface area contributed by atoms with E-state index in [1.807, 2.05) is 37.3 Å². The van der Waals surface area contributed by atoms with Gasteiger partial charge in [0.25, 0.3) is 5.91 Å². The van der Waals surface area contributed by atoms with Crippen LogP contribution in [-0.4, -0.2) is 18.4 Å². The number of amides is 2. The molecule has 2 aromatic carbocycles. The second kappa shape index (κ2) is 9.41. The summed E-state index contributed by atoms with van der Waals surface area (Å²) < 4.78 is 5.22. The van der Waals surface area contributed by atoms with Crippen molar-refractivity contribution in [2.45, 2.75) is 19.9 Å². The molecule has 6 heteroatoms. The van der Waals surface area contributed by atoms with Crippen LogP contribution in [0.1, 0.15) is 28.6 Å². The third kappa shape index (κ3) is 5.01. The van der Waals surface area contributed by atoms with E-state index in [1.54, 1.807) is 36.6 Å². The fourth-order valence-electron chi connectivity index (χ4n) is 2.83. The number of rotatable bonds is 8. The van der Waals surface area contributed by atoms with Crippen LogP contribution in [0.2, 0.25) is 0 Å². The highest BCUT2D eigenvalue weighted by Crippen LogP contribution is 2.17. The maximum Gasteiger partial charge on any atom is 0.253 e. The van der Waals surface area contributed by atoms with E-state index in [-0.39, 0.29) is 18.4 Å². The first kappa shape index (κ1) is 19.2. The lowest BCUT2D eigenvalue weighted by atomic mass is 10.1. The molecule has 0 unspecified atom stereocenters. The van der Waals surface area contributed by atoms with Gasteiger partial charge in [-0.2, -0.15) is 0 Å². The molecular formula is C22H23N3O3. The molecule has 3 rings (SSSR count). The third-order valence-corrected chi connectivity index (χ3v) is 4.29. The first-order valence-electron chi connectivity index (χ1n) is 9.18. The van der Waals surface area contributed by atoms with Crippen LogP contribution in [0.25, 0.3) is 0 Å². The molecule has 0 saturated carbocycles. The Kier molecular flexibility index (Phi) is 6.46. The zero-order valence-corrected chi connectivity index (χ0v) is 15.7. The molecule has 0 aliphatic carbocycles. The summed E-state index contributed by atoms with van der Waals surface area (Å²) in [6.07, 6.45) is 2.40. The minimum absolute atomic E-state index is 0.0561. The van der Waals surface area contributed by atoms with E-state index in [2.05, 4.69) is 16.0 Å². The zero-order valence-electron chi connectivity index (χ0n) is 15.7. The molecule has 0 aliphatic heterocycles. The van der Waals surface area contributed by atoms with Crippen molar-refractivity contribution in [1.29, 1.82) is 0 Å². The number of hydrogen-bond donors (Lipinski definition) is 3. The van der Waals surface area contributed by atoms with Gasteiger partial charge >= 0.3 is 0 Å². The Hall–Kier alpha value is -3.54. The van der Waals surface area contributed by atoms with Gasteiger partial charge < -0.3 is 20.4 Å². The summed E-state index contributed by atoms with van der Waals surface area (Å²) in [5, 5.41) is 8.77. The van der Waals surface area contributed by atoms with E-state index in [9.17, 15) is 9.59 Å². The van der Waals surface area contributed by atoms with Crippen LogP contribution in [-0.2, 0) is 17.8 Å². The number of nitrogens with one attached hydrogen (secondary N) is 3. The van der Waals surface area contributed by atoms with Crippen molar-refractivity contribution in [3.05, 3.63) is 83.8 Å². The van der Waals surface area contributed by atoms with Crippen LogP contribution >= 0.6 is 0 Å². The van der Waals surface area contributed by atoms with Gasteiger partial charge in [0.05, 0.1) is 24.9 Å². The van der Waals surface area contributed by atoms with Gasteiger partial charge in [-0.25, -0.2) is 0 Å². The van der Waals surface area contributed by atoms with Gasteiger partial charge in [-0.1, -0.05) is 37.3 Å². The van der Waals surface area contributed by atoms with E-state index in [1.165, 1.54) is 0 Å². The average Bonchev–Trinajstić information content (AvgIpc) is 3.25. The van der Waals surface area contributed by atoms with Gasteiger partial charge in [-0.15, -0.1) is 0 Å². The summed E-state index contributed by atoms with van der Waals surface area (Å²) in [6.45, 7) is 2.40. The molecule has 0 saturated heterocycles. The lowest BCUT2D eigenvalue weighted by Crippen LogP contribution is -2.26. The molecule has 0 aliphatic rings. The van der Waals surface area contributed by atoms with Gasteiger partial charge in [-0.3, -0.25) is 9.59 Å². The first-order chi connectivity index (χ1) is 13.7. The summed E-state index contributed by atoms with van der Waals surface area (Å²) in [7, 11) is 0. The Bertz CT molecular complexity index is 936. The topological polar surface area (TPSA) is 83.4 Å². The standard InChI is InChI=1S/C22H23N3O3/c1-2-16-8-3-5-11-19(16)25-21(26)15-23-20-12-6-4-10-18(20)22(27)24-14-17-9-7-13-28-17/h3-13,23H,2,14-15H2,1H3,(H,24,27)(H,25,26). The van der Waals surface area contributed by atoms with Crippen LogP contribution < -0.4 is 16.0 Å². The highest BCUT2D eigenvalue weighted by Gasteiger charge is 2.12. The van der Waals surface area contributed by atoms with E-state index >= 15 is 0 Å². The molecule has 144 valence electrons. The van der Waals surface area contributed by atoms with Crippen molar-refractivity contribution in [1.82, 2.24) is 5.32 Å². The predicted molar refractivity (Wildman–Crippen MR) is 109 cm³/mol. The summed E-state index contributed by atoms with van der Waals surface area (Å²) in [5.41, 5.74) is 2.95. The lowest BCUT2D eigenvalue weighted by Gasteiger charge is -2.13. The van der Waals surface area contributed by atoms with Crippen LogP contribution in [0.5, 0.6) is 0 Å². The SMILES string of the molecule is CCc1ccccc1NC(=O)CNc1ccccc1C(=O)NCc1ccco1. The summed E-state index contributed by atoms with van der Waals surface area (Å²) in [5.74, 6) is 0.260. The quantitative estimate of drug-likeness (QED) is 0.557. The van der Waals surface area contributed by atoms with Crippen molar-refractivity contribution in [2.75, 3.05) is 17.2 Å². The number of aryl methyl sites for hydroxylation is 1. The van der Waals surface area contributed by atoms with E-state index in [0.717, 1.165) is 17.7 Å². The van der Waals surface area contributed by atoms with E-state index in [0.29, 0.717) is 23.6 Å². The Balaban J connectivity index is 1.59. The smallest absolute Gasteiger partial charge is 0.253 e. The Morgan fingerprint density at radius 2 is 1.68 bits per heavy atom. The second-order valence-corrected chi connectivity index (χ2v) is 6.22. The maximum absolute atomic E-state index is 12.5. The van der Waals surface area contributed by atoms with Crippen LogP contribution in [0.15, 0.2) is 71.3 Å². The molecule has 0 radical (unpaired) electrons. The summed E-state index contributed by atoms with van der Waals surface area (Å²) in [4.78, 5) is 24.8. The molecule has 0 bridgehead atoms. The van der Waals surface area contributed by atoms with E-state index in [4.69, 9.17) is 4.42 Å². The highest BCUT2D eigenvalue weighted by molar-refractivity contribution is 6.01. The molecule has 1 aromatic heterocycles. The highest BCUT2D eigenvalue weighted by atomic mass is 16.3. The lowest BCUT2D eigenvalue weighted by molar-refractivity contribution is -0.114. The first-order valence-corrected chi connectivity index (χ1v) is 9.18. The zero-order chi connectivity index (χ0) is 19.8. The molecule has 1 heterocycles. The Morgan fingerprint density at radius 1 is 0.929 bits per heavy atom. The average molecular weight is 377 g/mol. The number of anilines is 2. The molecule has 0 spiro atoms. The van der Waals surface area contributed by atoms with Gasteiger partial charge in [-0.05, 0) is 42.3 Å². The van der Waals surface area contributed by atoms with Crippen LogP contribution in [0.4, 0.5) is 11.4 Å². The monoisotopic (exact) mass is 377 g/mol. The fourth-order valence-corrected chi connectivity index (χ4v) is 2.83. The van der Waals surface area contributed by atoms with Crippen molar-refractivity contribution in [3.63, 3.8) is 0 Å². The summed E-state index contributed by atoms with van der Waals surface area (Å²) in [6, 6.07) is 18.4. The number of para-hydroxylation sites is 2. The Labute approximate surface area is 164 Å². The van der Waals surface area contributed by atoms with Crippen molar-refractivity contribution in [2.24, 2.45) is 0 Å². The number of furan rings is 1. The molecule has 3 aromatic rings. The second-order valence-electron chi connectivity index (χ2n) is 6.22. The molecule has 2 amide bonds. The van der Waals surface area contributed by atoms with Crippen molar-refractivity contribution < 1.29 is 14.0 Å².